The van der Waals surface area contributed by atoms with E-state index >= 15 is 4.39 Å². The van der Waals surface area contributed by atoms with Crippen molar-refractivity contribution in [2.75, 3.05) is 0 Å². The smallest absolute Gasteiger partial charge is 0.160 e. The van der Waals surface area contributed by atoms with E-state index < -0.39 is 0 Å². The van der Waals surface area contributed by atoms with Gasteiger partial charge < -0.3 is 0 Å². The molecule has 4 aromatic carbocycles. The fourth-order valence-corrected chi connectivity index (χ4v) is 4.29. The van der Waals surface area contributed by atoms with E-state index in [2.05, 4.69) is 0 Å². The largest absolute Gasteiger partial charge is 0.228 e. The Morgan fingerprint density at radius 2 is 1.19 bits per heavy atom. The van der Waals surface area contributed by atoms with E-state index in [-0.39, 0.29) is 5.82 Å². The second-order valence-corrected chi connectivity index (χ2v) is 8.82. The highest BCUT2D eigenvalue weighted by Crippen LogP contribution is 2.35. The van der Waals surface area contributed by atoms with Crippen LogP contribution >= 0.6 is 0 Å². The molecule has 1 aromatic heterocycles. The summed E-state index contributed by atoms with van der Waals surface area (Å²) in [5.74, 6) is 0.388. The Kier molecular flexibility index (Phi) is 7.14. The number of nitrogens with zero attached hydrogens (tertiary/aromatic N) is 2. The van der Waals surface area contributed by atoms with E-state index in [0.717, 1.165) is 39.2 Å². The molecule has 1 heterocycles. The van der Waals surface area contributed by atoms with Gasteiger partial charge in [0.1, 0.15) is 5.82 Å². The molecule has 5 rings (SSSR count). The van der Waals surface area contributed by atoms with Crippen LogP contribution in [0.25, 0.3) is 50.6 Å². The number of rotatable bonds is 6. The Bertz CT molecular complexity index is 1510. The van der Waals surface area contributed by atoms with Gasteiger partial charge in [-0.3, -0.25) is 0 Å². The summed E-state index contributed by atoms with van der Waals surface area (Å²) in [6, 6.07) is 35.4. The summed E-state index contributed by atoms with van der Waals surface area (Å²) in [5.41, 5.74) is 7.08. The summed E-state index contributed by atoms with van der Waals surface area (Å²) in [4.78, 5) is 9.85. The van der Waals surface area contributed by atoms with Gasteiger partial charge in [0.2, 0.25) is 0 Å². The Morgan fingerprint density at radius 3 is 1.78 bits per heavy atom. The first kappa shape index (κ1) is 24.1. The average molecular weight is 483 g/mol. The lowest BCUT2D eigenvalue weighted by atomic mass is 9.93. The van der Waals surface area contributed by atoms with Crippen LogP contribution in [0.5, 0.6) is 0 Å². The second kappa shape index (κ2) is 11.0. The zero-order chi connectivity index (χ0) is 25.6. The molecule has 0 fully saturated rings. The molecule has 2 nitrogen and oxygen atoms in total. The standard InChI is InChI=1S/C34H27FN2/c1-3-4-14-24(2)29-21-28(22-30(33(29)35)25-15-8-5-9-16-25)32-23-31(26-17-10-6-11-18-26)36-34(37-32)27-19-12-7-13-20-27/h3-23H,1-2H3/b4-3-,24-14+. The quantitative estimate of drug-likeness (QED) is 0.225. The van der Waals surface area contributed by atoms with Gasteiger partial charge in [0.15, 0.2) is 5.82 Å². The third-order valence-electron chi connectivity index (χ3n) is 6.24. The van der Waals surface area contributed by atoms with E-state index in [1.54, 1.807) is 0 Å². The topological polar surface area (TPSA) is 25.8 Å². The van der Waals surface area contributed by atoms with Crippen LogP contribution in [-0.4, -0.2) is 9.97 Å². The van der Waals surface area contributed by atoms with Crippen molar-refractivity contribution in [2.45, 2.75) is 13.8 Å². The van der Waals surface area contributed by atoms with Gasteiger partial charge >= 0.3 is 0 Å². The third kappa shape index (κ3) is 5.31. The highest BCUT2D eigenvalue weighted by Gasteiger charge is 2.17. The van der Waals surface area contributed by atoms with Crippen molar-refractivity contribution in [1.82, 2.24) is 9.97 Å². The molecule has 5 aromatic rings. The molecular formula is C34H27FN2. The van der Waals surface area contributed by atoms with Crippen LogP contribution in [0.4, 0.5) is 4.39 Å². The monoisotopic (exact) mass is 482 g/mol. The van der Waals surface area contributed by atoms with Gasteiger partial charge in [-0.1, -0.05) is 109 Å². The van der Waals surface area contributed by atoms with Crippen molar-refractivity contribution in [1.29, 1.82) is 0 Å². The first-order valence-electron chi connectivity index (χ1n) is 12.3. The van der Waals surface area contributed by atoms with Crippen LogP contribution in [0.2, 0.25) is 0 Å². The maximum absolute atomic E-state index is 15.9. The minimum absolute atomic E-state index is 0.242. The Labute approximate surface area is 217 Å². The second-order valence-electron chi connectivity index (χ2n) is 8.82. The molecule has 0 amide bonds. The Balaban J connectivity index is 1.77. The molecular weight excluding hydrogens is 455 g/mol. The molecule has 0 saturated heterocycles. The van der Waals surface area contributed by atoms with Gasteiger partial charge in [0.05, 0.1) is 11.4 Å². The normalized spacial score (nSPS) is 11.7. The molecule has 0 aliphatic carbocycles. The molecule has 0 N–H and O–H groups in total. The minimum atomic E-state index is -0.242. The molecule has 0 atom stereocenters. The lowest BCUT2D eigenvalue weighted by molar-refractivity contribution is 0.627. The maximum Gasteiger partial charge on any atom is 0.160 e. The Hall–Kier alpha value is -4.63. The third-order valence-corrected chi connectivity index (χ3v) is 6.24. The summed E-state index contributed by atoms with van der Waals surface area (Å²) < 4.78 is 15.9. The fourth-order valence-electron chi connectivity index (χ4n) is 4.29. The van der Waals surface area contributed by atoms with Crippen molar-refractivity contribution in [3.8, 4) is 45.0 Å². The van der Waals surface area contributed by atoms with Gasteiger partial charge in [0.25, 0.3) is 0 Å². The van der Waals surface area contributed by atoms with Crippen molar-refractivity contribution in [2.24, 2.45) is 0 Å². The zero-order valence-electron chi connectivity index (χ0n) is 20.9. The highest BCUT2D eigenvalue weighted by molar-refractivity contribution is 5.81. The van der Waals surface area contributed by atoms with Crippen molar-refractivity contribution >= 4 is 5.57 Å². The molecule has 37 heavy (non-hydrogen) atoms. The number of benzene rings is 4. The summed E-state index contributed by atoms with van der Waals surface area (Å²) >= 11 is 0. The van der Waals surface area contributed by atoms with Crippen molar-refractivity contribution in [3.63, 3.8) is 0 Å². The van der Waals surface area contributed by atoms with E-state index in [4.69, 9.17) is 9.97 Å². The summed E-state index contributed by atoms with van der Waals surface area (Å²) in [6.07, 6.45) is 5.79. The number of halogens is 1. The lowest BCUT2D eigenvalue weighted by Gasteiger charge is -2.14. The molecule has 0 spiro atoms. The number of hydrogen-bond acceptors (Lipinski definition) is 2. The predicted molar refractivity (Wildman–Crippen MR) is 152 cm³/mol. The predicted octanol–water partition coefficient (Wildman–Crippen LogP) is 9.26. The fraction of sp³-hybridized carbons (Fsp3) is 0.0588. The molecule has 3 heteroatoms. The van der Waals surface area contributed by atoms with Crippen molar-refractivity contribution in [3.05, 3.63) is 139 Å². The molecule has 0 saturated carbocycles. The lowest BCUT2D eigenvalue weighted by Crippen LogP contribution is -1.98. The van der Waals surface area contributed by atoms with Crippen molar-refractivity contribution < 1.29 is 4.39 Å². The SMILES string of the molecule is C/C=C\C=C(/C)c1cc(-c2cc(-c3ccccc3)nc(-c3ccccc3)n2)cc(-c2ccccc2)c1F. The summed E-state index contributed by atoms with van der Waals surface area (Å²) in [6.45, 7) is 3.88. The van der Waals surface area contributed by atoms with Gasteiger partial charge in [0, 0.05) is 27.8 Å². The van der Waals surface area contributed by atoms with E-state index in [0.29, 0.717) is 17.0 Å². The summed E-state index contributed by atoms with van der Waals surface area (Å²) in [7, 11) is 0. The number of hydrogen-bond donors (Lipinski definition) is 0. The first-order valence-corrected chi connectivity index (χ1v) is 12.3. The molecule has 180 valence electrons. The van der Waals surface area contributed by atoms with Crippen LogP contribution in [0.1, 0.15) is 19.4 Å². The molecule has 0 bridgehead atoms. The van der Waals surface area contributed by atoms with Crippen LogP contribution in [0.3, 0.4) is 0 Å². The van der Waals surface area contributed by atoms with E-state index in [1.807, 2.05) is 141 Å². The van der Waals surface area contributed by atoms with Crippen LogP contribution < -0.4 is 0 Å². The zero-order valence-corrected chi connectivity index (χ0v) is 20.9. The van der Waals surface area contributed by atoms with Gasteiger partial charge in [-0.15, -0.1) is 0 Å². The van der Waals surface area contributed by atoms with Gasteiger partial charge in [-0.2, -0.15) is 0 Å². The molecule has 0 radical (unpaired) electrons. The molecule has 0 aliphatic heterocycles. The van der Waals surface area contributed by atoms with E-state index in [1.165, 1.54) is 0 Å². The number of aromatic nitrogens is 2. The van der Waals surface area contributed by atoms with E-state index in [9.17, 15) is 0 Å². The van der Waals surface area contributed by atoms with Crippen LogP contribution in [-0.2, 0) is 0 Å². The van der Waals surface area contributed by atoms with Crippen LogP contribution in [0, 0.1) is 5.82 Å². The van der Waals surface area contributed by atoms with Gasteiger partial charge in [-0.25, -0.2) is 14.4 Å². The average Bonchev–Trinajstić information content (AvgIpc) is 2.97. The highest BCUT2D eigenvalue weighted by atomic mass is 19.1. The van der Waals surface area contributed by atoms with Crippen LogP contribution in [0.15, 0.2) is 127 Å². The maximum atomic E-state index is 15.9. The molecule has 0 aliphatic rings. The number of allylic oxidation sites excluding steroid dienone is 4. The Morgan fingerprint density at radius 1 is 0.649 bits per heavy atom. The van der Waals surface area contributed by atoms with Gasteiger partial charge in [-0.05, 0) is 43.2 Å². The minimum Gasteiger partial charge on any atom is -0.228 e. The first-order chi connectivity index (χ1) is 18.1. The summed E-state index contributed by atoms with van der Waals surface area (Å²) in [5, 5.41) is 0. The molecule has 0 unspecified atom stereocenters.